The minimum absolute atomic E-state index is 0.00926. The van der Waals surface area contributed by atoms with E-state index in [-0.39, 0.29) is 5.69 Å². The molecule has 0 bridgehead atoms. The van der Waals surface area contributed by atoms with E-state index in [4.69, 9.17) is 5.73 Å². The van der Waals surface area contributed by atoms with Crippen molar-refractivity contribution >= 4 is 27.3 Å². The summed E-state index contributed by atoms with van der Waals surface area (Å²) < 4.78 is 0.338. The highest BCUT2D eigenvalue weighted by Crippen LogP contribution is 2.29. The molecule has 0 unspecified atom stereocenters. The van der Waals surface area contributed by atoms with Crippen LogP contribution >= 0.6 is 15.9 Å². The first-order chi connectivity index (χ1) is 5.13. The van der Waals surface area contributed by atoms with Crippen molar-refractivity contribution in [2.45, 2.75) is 0 Å². The third-order valence-electron chi connectivity index (χ3n) is 1.20. The molecule has 0 aliphatic rings. The van der Waals surface area contributed by atoms with Crippen molar-refractivity contribution in [2.75, 3.05) is 5.73 Å². The molecule has 2 N–H and O–H groups in total. The Morgan fingerprint density at radius 1 is 1.55 bits per heavy atom. The van der Waals surface area contributed by atoms with Gasteiger partial charge in [0, 0.05) is 6.07 Å². The Hall–Kier alpha value is -1.10. The molecule has 0 aliphatic carbocycles. The van der Waals surface area contributed by atoms with Gasteiger partial charge in [-0.15, -0.1) is 0 Å². The van der Waals surface area contributed by atoms with Crippen LogP contribution < -0.4 is 5.73 Å². The van der Waals surface area contributed by atoms with Crippen molar-refractivity contribution < 1.29 is 4.92 Å². The van der Waals surface area contributed by atoms with Crippen LogP contribution in [0, 0.1) is 10.1 Å². The SMILES string of the molecule is Nc1cccc([N+](=O)[O-])c1Br. The van der Waals surface area contributed by atoms with Crippen molar-refractivity contribution in [3.63, 3.8) is 0 Å². The van der Waals surface area contributed by atoms with Gasteiger partial charge in [0.25, 0.3) is 5.69 Å². The smallest absolute Gasteiger partial charge is 0.285 e. The molecule has 0 amide bonds. The maximum absolute atomic E-state index is 10.3. The summed E-state index contributed by atoms with van der Waals surface area (Å²) in [5.41, 5.74) is 5.77. The third kappa shape index (κ3) is 1.48. The zero-order chi connectivity index (χ0) is 8.43. The molecule has 0 spiro atoms. The fourth-order valence-electron chi connectivity index (χ4n) is 0.678. The minimum Gasteiger partial charge on any atom is -0.398 e. The molecule has 11 heavy (non-hydrogen) atoms. The molecule has 1 aromatic rings. The average Bonchev–Trinajstić information content (AvgIpc) is 1.94. The van der Waals surface area contributed by atoms with Gasteiger partial charge in [-0.05, 0) is 22.0 Å². The third-order valence-corrected chi connectivity index (χ3v) is 2.07. The molecule has 0 saturated heterocycles. The number of anilines is 1. The number of rotatable bonds is 1. The number of nitrogen functional groups attached to an aromatic ring is 1. The number of halogens is 1. The Kier molecular flexibility index (Phi) is 2.09. The van der Waals surface area contributed by atoms with Gasteiger partial charge in [-0.2, -0.15) is 0 Å². The number of nitro groups is 1. The number of hydrogen-bond donors (Lipinski definition) is 1. The summed E-state index contributed by atoms with van der Waals surface area (Å²) in [4.78, 5) is 9.81. The van der Waals surface area contributed by atoms with E-state index in [1.165, 1.54) is 12.1 Å². The zero-order valence-electron chi connectivity index (χ0n) is 5.45. The van der Waals surface area contributed by atoms with Gasteiger partial charge >= 0.3 is 0 Å². The van der Waals surface area contributed by atoms with Crippen LogP contribution in [0.2, 0.25) is 0 Å². The maximum Gasteiger partial charge on any atom is 0.285 e. The molecule has 1 rings (SSSR count). The molecule has 5 heteroatoms. The summed E-state index contributed by atoms with van der Waals surface area (Å²) in [5, 5.41) is 10.3. The van der Waals surface area contributed by atoms with E-state index >= 15 is 0 Å². The second-order valence-corrected chi connectivity index (χ2v) is 2.73. The fraction of sp³-hybridized carbons (Fsp3) is 0. The van der Waals surface area contributed by atoms with E-state index in [0.29, 0.717) is 10.2 Å². The van der Waals surface area contributed by atoms with Crippen LogP contribution in [0.5, 0.6) is 0 Å². The summed E-state index contributed by atoms with van der Waals surface area (Å²) >= 11 is 3.01. The number of nitro benzene ring substituents is 1. The minimum atomic E-state index is -0.486. The lowest BCUT2D eigenvalue weighted by Gasteiger charge is -1.96. The lowest BCUT2D eigenvalue weighted by Crippen LogP contribution is -1.92. The Morgan fingerprint density at radius 2 is 2.18 bits per heavy atom. The molecule has 0 atom stereocenters. The molecule has 1 aromatic carbocycles. The molecule has 0 fully saturated rings. The van der Waals surface area contributed by atoms with Gasteiger partial charge in [-0.1, -0.05) is 6.07 Å². The summed E-state index contributed by atoms with van der Waals surface area (Å²) in [6, 6.07) is 4.52. The van der Waals surface area contributed by atoms with Gasteiger partial charge in [0.2, 0.25) is 0 Å². The van der Waals surface area contributed by atoms with Crippen molar-refractivity contribution in [1.29, 1.82) is 0 Å². The molecular formula is C6H5BrN2O2. The topological polar surface area (TPSA) is 69.2 Å². The molecule has 0 saturated carbocycles. The molecular weight excluding hydrogens is 212 g/mol. The predicted molar refractivity (Wildman–Crippen MR) is 45.2 cm³/mol. The highest BCUT2D eigenvalue weighted by molar-refractivity contribution is 9.10. The Morgan fingerprint density at radius 3 is 2.64 bits per heavy atom. The van der Waals surface area contributed by atoms with E-state index < -0.39 is 4.92 Å². The first-order valence-corrected chi connectivity index (χ1v) is 3.60. The molecule has 0 aliphatic heterocycles. The fourth-order valence-corrected chi connectivity index (χ4v) is 1.09. The summed E-state index contributed by atoms with van der Waals surface area (Å²) in [6.07, 6.45) is 0. The number of benzene rings is 1. The number of hydrogen-bond acceptors (Lipinski definition) is 3. The lowest BCUT2D eigenvalue weighted by molar-refractivity contribution is -0.385. The first-order valence-electron chi connectivity index (χ1n) is 2.81. The van der Waals surface area contributed by atoms with Gasteiger partial charge in [-0.3, -0.25) is 10.1 Å². The van der Waals surface area contributed by atoms with Crippen LogP contribution in [0.25, 0.3) is 0 Å². The Balaban J connectivity index is 3.27. The zero-order valence-corrected chi connectivity index (χ0v) is 7.04. The number of nitrogens with two attached hydrogens (primary N) is 1. The summed E-state index contributed by atoms with van der Waals surface area (Å²) in [6.45, 7) is 0. The van der Waals surface area contributed by atoms with Gasteiger partial charge in [0.1, 0.15) is 4.47 Å². The van der Waals surface area contributed by atoms with E-state index in [1.54, 1.807) is 6.07 Å². The van der Waals surface area contributed by atoms with Crippen LogP contribution in [0.1, 0.15) is 0 Å². The van der Waals surface area contributed by atoms with Crippen molar-refractivity contribution in [3.05, 3.63) is 32.8 Å². The average molecular weight is 217 g/mol. The normalized spacial score (nSPS) is 9.55. The highest BCUT2D eigenvalue weighted by atomic mass is 79.9. The second kappa shape index (κ2) is 2.87. The van der Waals surface area contributed by atoms with Crippen LogP contribution in [0.3, 0.4) is 0 Å². The van der Waals surface area contributed by atoms with Crippen LogP contribution in [-0.4, -0.2) is 4.92 Å². The van der Waals surface area contributed by atoms with Gasteiger partial charge in [-0.25, -0.2) is 0 Å². The van der Waals surface area contributed by atoms with Crippen molar-refractivity contribution in [3.8, 4) is 0 Å². The molecule has 0 heterocycles. The van der Waals surface area contributed by atoms with Crippen molar-refractivity contribution in [1.82, 2.24) is 0 Å². The van der Waals surface area contributed by atoms with Crippen LogP contribution in [0.4, 0.5) is 11.4 Å². The Bertz CT molecular complexity index is 301. The van der Waals surface area contributed by atoms with Gasteiger partial charge in [0.15, 0.2) is 0 Å². The molecule has 0 aromatic heterocycles. The lowest BCUT2D eigenvalue weighted by atomic mass is 10.3. The van der Waals surface area contributed by atoms with E-state index in [0.717, 1.165) is 0 Å². The maximum atomic E-state index is 10.3. The molecule has 4 nitrogen and oxygen atoms in total. The van der Waals surface area contributed by atoms with Gasteiger partial charge in [0.05, 0.1) is 10.6 Å². The highest BCUT2D eigenvalue weighted by Gasteiger charge is 2.12. The standard InChI is InChI=1S/C6H5BrN2O2/c7-6-4(8)2-1-3-5(6)9(10)11/h1-3H,8H2. The monoisotopic (exact) mass is 216 g/mol. The van der Waals surface area contributed by atoms with Gasteiger partial charge < -0.3 is 5.73 Å². The first kappa shape index (κ1) is 8.00. The predicted octanol–water partition coefficient (Wildman–Crippen LogP) is 1.94. The van der Waals surface area contributed by atoms with E-state index in [2.05, 4.69) is 15.9 Å². The van der Waals surface area contributed by atoms with E-state index in [1.807, 2.05) is 0 Å². The van der Waals surface area contributed by atoms with E-state index in [9.17, 15) is 10.1 Å². The summed E-state index contributed by atoms with van der Waals surface area (Å²) in [5.74, 6) is 0. The largest absolute Gasteiger partial charge is 0.398 e. The summed E-state index contributed by atoms with van der Waals surface area (Å²) in [7, 11) is 0. The molecule has 0 radical (unpaired) electrons. The Labute approximate surface area is 71.3 Å². The van der Waals surface area contributed by atoms with Crippen LogP contribution in [0.15, 0.2) is 22.7 Å². The van der Waals surface area contributed by atoms with Crippen molar-refractivity contribution in [2.24, 2.45) is 0 Å². The second-order valence-electron chi connectivity index (χ2n) is 1.94. The molecule has 58 valence electrons. The quantitative estimate of drug-likeness (QED) is 0.444. The van der Waals surface area contributed by atoms with Crippen LogP contribution in [-0.2, 0) is 0 Å². The number of nitrogens with zero attached hydrogens (tertiary/aromatic N) is 1.